The Kier molecular flexibility index (Phi) is 6.90. The van der Waals surface area contributed by atoms with E-state index in [1.54, 1.807) is 18.2 Å². The van der Waals surface area contributed by atoms with Gasteiger partial charge in [0, 0.05) is 22.8 Å². The fourth-order valence-corrected chi connectivity index (χ4v) is 3.35. The number of carbonyl (C=O) groups is 2. The Balaban J connectivity index is 1.83. The topological polar surface area (TPSA) is 64.4 Å². The summed E-state index contributed by atoms with van der Waals surface area (Å²) in [6, 6.07) is 16.6. The maximum absolute atomic E-state index is 13.2. The molecule has 1 amide bonds. The van der Waals surface area contributed by atoms with Crippen molar-refractivity contribution in [1.82, 2.24) is 14.7 Å². The third-order valence-electron chi connectivity index (χ3n) is 4.73. The number of amides is 1. The van der Waals surface area contributed by atoms with Crippen LogP contribution in [0.4, 0.5) is 0 Å². The summed E-state index contributed by atoms with van der Waals surface area (Å²) < 4.78 is 6.68. The van der Waals surface area contributed by atoms with Gasteiger partial charge in [0.05, 0.1) is 19.3 Å². The van der Waals surface area contributed by atoms with Crippen LogP contribution in [0.3, 0.4) is 0 Å². The highest BCUT2D eigenvalue weighted by Crippen LogP contribution is 2.16. The van der Waals surface area contributed by atoms with Gasteiger partial charge in [-0.3, -0.25) is 14.3 Å². The number of aryl methyl sites for hydroxylation is 2. The largest absolute Gasteiger partial charge is 0.468 e. The lowest BCUT2D eigenvalue weighted by Gasteiger charge is -2.22. The molecule has 0 saturated heterocycles. The summed E-state index contributed by atoms with van der Waals surface area (Å²) in [5.41, 5.74) is 4.34. The van der Waals surface area contributed by atoms with Gasteiger partial charge in [0.25, 0.3) is 5.91 Å². The number of hydrogen-bond acceptors (Lipinski definition) is 4. The first-order valence-electron chi connectivity index (χ1n) is 9.56. The van der Waals surface area contributed by atoms with E-state index >= 15 is 0 Å². The van der Waals surface area contributed by atoms with Crippen LogP contribution in [0.25, 0.3) is 0 Å². The summed E-state index contributed by atoms with van der Waals surface area (Å²) in [6.45, 7) is 4.64. The molecule has 0 aliphatic heterocycles. The second-order valence-corrected chi connectivity index (χ2v) is 7.59. The van der Waals surface area contributed by atoms with Crippen LogP contribution in [0.5, 0.6) is 0 Å². The average Bonchev–Trinajstić information content (AvgIpc) is 3.05. The molecule has 0 saturated carbocycles. The Hall–Kier alpha value is -3.12. The zero-order valence-electron chi connectivity index (χ0n) is 17.3. The predicted octanol–water partition coefficient (Wildman–Crippen LogP) is 4.02. The molecular weight excluding hydrogens is 402 g/mol. The van der Waals surface area contributed by atoms with Gasteiger partial charge in [-0.05, 0) is 55.3 Å². The summed E-state index contributed by atoms with van der Waals surface area (Å²) in [7, 11) is 1.31. The number of esters is 1. The maximum atomic E-state index is 13.2. The fraction of sp³-hybridized carbons (Fsp3) is 0.261. The molecule has 0 N–H and O–H groups in total. The lowest BCUT2D eigenvalue weighted by atomic mass is 10.1. The Bertz CT molecular complexity index is 1040. The second kappa shape index (κ2) is 9.59. The first kappa shape index (κ1) is 21.6. The molecule has 3 aromatic rings. The predicted molar refractivity (Wildman–Crippen MR) is 115 cm³/mol. The summed E-state index contributed by atoms with van der Waals surface area (Å²) in [5.74, 6) is -0.721. The smallest absolute Gasteiger partial charge is 0.325 e. The molecule has 156 valence electrons. The summed E-state index contributed by atoms with van der Waals surface area (Å²) >= 11 is 5.95. The molecule has 0 aliphatic carbocycles. The molecule has 2 aromatic carbocycles. The quantitative estimate of drug-likeness (QED) is 0.536. The van der Waals surface area contributed by atoms with Crippen molar-refractivity contribution in [2.45, 2.75) is 26.9 Å². The molecule has 3 rings (SSSR count). The first-order valence-corrected chi connectivity index (χ1v) is 9.94. The SMILES string of the molecule is COC(=O)CN(Cc1ccc(Cl)cc1)C(=O)c1cccc(Cn2nc(C)cc2C)c1. The zero-order valence-corrected chi connectivity index (χ0v) is 18.0. The van der Waals surface area contributed by atoms with Crippen LogP contribution in [0, 0.1) is 13.8 Å². The molecule has 1 heterocycles. The molecule has 0 atom stereocenters. The fourth-order valence-electron chi connectivity index (χ4n) is 3.22. The highest BCUT2D eigenvalue weighted by Gasteiger charge is 2.20. The number of halogens is 1. The van der Waals surface area contributed by atoms with Crippen molar-refractivity contribution in [3.05, 3.63) is 87.7 Å². The van der Waals surface area contributed by atoms with Crippen LogP contribution in [0.2, 0.25) is 5.02 Å². The molecule has 1 aromatic heterocycles. The number of rotatable bonds is 7. The third-order valence-corrected chi connectivity index (χ3v) is 4.98. The second-order valence-electron chi connectivity index (χ2n) is 7.15. The molecule has 0 spiro atoms. The Labute approximate surface area is 181 Å². The highest BCUT2D eigenvalue weighted by molar-refractivity contribution is 6.30. The van der Waals surface area contributed by atoms with Gasteiger partial charge < -0.3 is 9.64 Å². The van der Waals surface area contributed by atoms with E-state index in [0.717, 1.165) is 22.5 Å². The van der Waals surface area contributed by atoms with E-state index in [1.807, 2.05) is 54.9 Å². The number of aromatic nitrogens is 2. The van der Waals surface area contributed by atoms with Crippen LogP contribution in [0.15, 0.2) is 54.6 Å². The van der Waals surface area contributed by atoms with Crippen LogP contribution in [-0.2, 0) is 22.6 Å². The Morgan fingerprint density at radius 3 is 2.43 bits per heavy atom. The number of nitrogens with zero attached hydrogens (tertiary/aromatic N) is 3. The summed E-state index contributed by atoms with van der Waals surface area (Å²) in [5, 5.41) is 5.09. The number of ether oxygens (including phenoxy) is 1. The lowest BCUT2D eigenvalue weighted by Crippen LogP contribution is -2.35. The van der Waals surface area contributed by atoms with Crippen LogP contribution < -0.4 is 0 Å². The maximum Gasteiger partial charge on any atom is 0.325 e. The van der Waals surface area contributed by atoms with Gasteiger partial charge in [-0.1, -0.05) is 35.9 Å². The third kappa shape index (κ3) is 5.48. The molecule has 0 unspecified atom stereocenters. The van der Waals surface area contributed by atoms with Gasteiger partial charge in [-0.2, -0.15) is 5.10 Å². The molecule has 0 aliphatic rings. The van der Waals surface area contributed by atoms with E-state index in [0.29, 0.717) is 17.1 Å². The van der Waals surface area contributed by atoms with Crippen molar-refractivity contribution in [3.8, 4) is 0 Å². The van der Waals surface area contributed by atoms with Gasteiger partial charge in [-0.25, -0.2) is 0 Å². The number of hydrogen-bond donors (Lipinski definition) is 0. The van der Waals surface area contributed by atoms with Gasteiger partial charge in [0.1, 0.15) is 6.54 Å². The van der Waals surface area contributed by atoms with E-state index in [1.165, 1.54) is 12.0 Å². The van der Waals surface area contributed by atoms with E-state index in [9.17, 15) is 9.59 Å². The molecule has 6 nitrogen and oxygen atoms in total. The van der Waals surface area contributed by atoms with E-state index < -0.39 is 5.97 Å². The minimum Gasteiger partial charge on any atom is -0.468 e. The molecular formula is C23H24ClN3O3. The van der Waals surface area contributed by atoms with Gasteiger partial charge in [0.2, 0.25) is 0 Å². The normalized spacial score (nSPS) is 10.7. The standard InChI is InChI=1S/C23H24ClN3O3/c1-16-11-17(2)27(25-16)14-19-5-4-6-20(12-19)23(29)26(15-22(28)30-3)13-18-7-9-21(24)10-8-18/h4-12H,13-15H2,1-3H3. The number of methoxy groups -OCH3 is 1. The summed E-state index contributed by atoms with van der Waals surface area (Å²) in [4.78, 5) is 26.6. The number of benzene rings is 2. The van der Waals surface area contributed by atoms with Crippen LogP contribution in [0.1, 0.15) is 32.9 Å². The van der Waals surface area contributed by atoms with Crippen molar-refractivity contribution < 1.29 is 14.3 Å². The lowest BCUT2D eigenvalue weighted by molar-refractivity contribution is -0.141. The molecule has 0 radical (unpaired) electrons. The first-order chi connectivity index (χ1) is 14.4. The van der Waals surface area contributed by atoms with Crippen molar-refractivity contribution in [2.75, 3.05) is 13.7 Å². The van der Waals surface area contributed by atoms with Gasteiger partial charge >= 0.3 is 5.97 Å². The van der Waals surface area contributed by atoms with Crippen molar-refractivity contribution in [1.29, 1.82) is 0 Å². The van der Waals surface area contributed by atoms with E-state index in [4.69, 9.17) is 16.3 Å². The molecule has 0 fully saturated rings. The van der Waals surface area contributed by atoms with Crippen molar-refractivity contribution >= 4 is 23.5 Å². The van der Waals surface area contributed by atoms with Crippen molar-refractivity contribution in [2.24, 2.45) is 0 Å². The van der Waals surface area contributed by atoms with E-state index in [2.05, 4.69) is 5.10 Å². The minimum absolute atomic E-state index is 0.139. The molecule has 30 heavy (non-hydrogen) atoms. The minimum atomic E-state index is -0.476. The van der Waals surface area contributed by atoms with Crippen LogP contribution >= 0.6 is 11.6 Å². The summed E-state index contributed by atoms with van der Waals surface area (Å²) in [6.07, 6.45) is 0. The average molecular weight is 426 g/mol. The Morgan fingerprint density at radius 1 is 1.07 bits per heavy atom. The van der Waals surface area contributed by atoms with Gasteiger partial charge in [-0.15, -0.1) is 0 Å². The van der Waals surface area contributed by atoms with Crippen molar-refractivity contribution in [3.63, 3.8) is 0 Å². The zero-order chi connectivity index (χ0) is 21.7. The monoisotopic (exact) mass is 425 g/mol. The van der Waals surface area contributed by atoms with E-state index in [-0.39, 0.29) is 19.0 Å². The molecule has 0 bridgehead atoms. The van der Waals surface area contributed by atoms with Crippen LogP contribution in [-0.4, -0.2) is 40.2 Å². The Morgan fingerprint density at radius 2 is 1.80 bits per heavy atom. The van der Waals surface area contributed by atoms with Gasteiger partial charge in [0.15, 0.2) is 0 Å². The number of carbonyl (C=O) groups excluding carboxylic acids is 2. The highest BCUT2D eigenvalue weighted by atomic mass is 35.5. The molecule has 7 heteroatoms.